The molecule has 2 aromatic rings. The Bertz CT molecular complexity index is 1240. The van der Waals surface area contributed by atoms with Crippen molar-refractivity contribution in [3.63, 3.8) is 0 Å². The third kappa shape index (κ3) is 3.43. The Labute approximate surface area is 242 Å². The maximum atomic E-state index is 6.53. The Morgan fingerprint density at radius 2 is 0.825 bits per heavy atom. The standard InChI is InChI=1S/C34H46B2O4/c1-21-17-33-19-22(2)20-34(33,18-21)28-16-24(36-39-31(7,8)32(9,10)40-36)12-14-26(28)25-13-11-23(15-27(25)33)35-37-29(3,4)30(5,6)38-35/h11-16,21-22H,17-20H2,1-10H3. The fourth-order valence-electron chi connectivity index (χ4n) is 9.06. The van der Waals surface area contributed by atoms with Crippen LogP contribution in [0.4, 0.5) is 0 Å². The average molecular weight is 540 g/mol. The van der Waals surface area contributed by atoms with E-state index in [-0.39, 0.29) is 47.5 Å². The minimum atomic E-state index is -0.351. The zero-order valence-electron chi connectivity index (χ0n) is 26.2. The molecule has 2 aromatic carbocycles. The summed E-state index contributed by atoms with van der Waals surface area (Å²) in [6, 6.07) is 14.1. The van der Waals surface area contributed by atoms with Gasteiger partial charge >= 0.3 is 14.2 Å². The van der Waals surface area contributed by atoms with Gasteiger partial charge in [0.1, 0.15) is 0 Å². The molecule has 40 heavy (non-hydrogen) atoms. The Morgan fingerprint density at radius 1 is 0.525 bits per heavy atom. The van der Waals surface area contributed by atoms with E-state index in [0.717, 1.165) is 10.9 Å². The van der Waals surface area contributed by atoms with Crippen LogP contribution < -0.4 is 10.9 Å². The van der Waals surface area contributed by atoms with Crippen molar-refractivity contribution in [1.82, 2.24) is 0 Å². The molecule has 2 heterocycles. The number of benzene rings is 2. The zero-order valence-corrected chi connectivity index (χ0v) is 26.2. The van der Waals surface area contributed by atoms with Crippen molar-refractivity contribution in [2.45, 2.75) is 128 Å². The minimum Gasteiger partial charge on any atom is -0.399 e. The lowest BCUT2D eigenvalue weighted by Gasteiger charge is -2.48. The second-order valence-electron chi connectivity index (χ2n) is 16.0. The molecule has 2 aliphatic heterocycles. The molecule has 0 atom stereocenters. The van der Waals surface area contributed by atoms with Crippen LogP contribution in [0.15, 0.2) is 36.4 Å². The molecule has 7 rings (SSSR count). The van der Waals surface area contributed by atoms with E-state index in [4.69, 9.17) is 18.6 Å². The van der Waals surface area contributed by atoms with Gasteiger partial charge in [0.05, 0.1) is 22.4 Å². The summed E-state index contributed by atoms with van der Waals surface area (Å²) in [5, 5.41) is 0. The van der Waals surface area contributed by atoms with Crippen molar-refractivity contribution in [1.29, 1.82) is 0 Å². The van der Waals surface area contributed by atoms with Crippen LogP contribution in [0.25, 0.3) is 11.1 Å². The van der Waals surface area contributed by atoms with Crippen LogP contribution in [-0.4, -0.2) is 36.6 Å². The summed E-state index contributed by atoms with van der Waals surface area (Å²) in [7, 11) is -0.684. The first-order valence-electron chi connectivity index (χ1n) is 15.5. The van der Waals surface area contributed by atoms with Gasteiger partial charge in [-0.1, -0.05) is 50.2 Å². The minimum absolute atomic E-state index is 0.127. The first kappa shape index (κ1) is 27.3. The maximum Gasteiger partial charge on any atom is 0.494 e. The molecule has 6 heteroatoms. The Hall–Kier alpha value is -1.59. The highest BCUT2D eigenvalue weighted by Crippen LogP contribution is 2.71. The second-order valence-corrected chi connectivity index (χ2v) is 16.0. The summed E-state index contributed by atoms with van der Waals surface area (Å²) in [4.78, 5) is 0. The predicted molar refractivity (Wildman–Crippen MR) is 163 cm³/mol. The molecule has 0 aromatic heterocycles. The van der Waals surface area contributed by atoms with E-state index in [9.17, 15) is 0 Å². The van der Waals surface area contributed by atoms with Crippen LogP contribution in [0.5, 0.6) is 0 Å². The molecule has 3 aliphatic carbocycles. The molecule has 0 radical (unpaired) electrons. The molecule has 4 nitrogen and oxygen atoms in total. The van der Waals surface area contributed by atoms with Gasteiger partial charge in [0.15, 0.2) is 0 Å². The molecular formula is C34H46B2O4. The monoisotopic (exact) mass is 540 g/mol. The average Bonchev–Trinajstić information content (AvgIpc) is 3.44. The number of hydrogen-bond donors (Lipinski definition) is 0. The van der Waals surface area contributed by atoms with Crippen molar-refractivity contribution in [3.05, 3.63) is 47.5 Å². The van der Waals surface area contributed by atoms with Crippen molar-refractivity contribution in [2.24, 2.45) is 11.8 Å². The third-order valence-corrected chi connectivity index (χ3v) is 12.2. The molecule has 0 N–H and O–H groups in total. The molecule has 0 bridgehead atoms. The highest BCUT2D eigenvalue weighted by atomic mass is 16.7. The summed E-state index contributed by atoms with van der Waals surface area (Å²) in [5.41, 5.74) is 6.95. The molecule has 0 unspecified atom stereocenters. The van der Waals surface area contributed by atoms with Gasteiger partial charge in [-0.15, -0.1) is 0 Å². The molecule has 4 fully saturated rings. The van der Waals surface area contributed by atoms with Gasteiger partial charge in [0.2, 0.25) is 0 Å². The highest BCUT2D eigenvalue weighted by molar-refractivity contribution is 6.62. The molecule has 2 saturated carbocycles. The van der Waals surface area contributed by atoms with E-state index >= 15 is 0 Å². The molecule has 0 spiro atoms. The van der Waals surface area contributed by atoms with E-state index in [0.29, 0.717) is 11.8 Å². The molecule has 0 amide bonds. The van der Waals surface area contributed by atoms with Gasteiger partial charge in [-0.2, -0.15) is 0 Å². The first-order chi connectivity index (χ1) is 18.5. The van der Waals surface area contributed by atoms with Crippen LogP contribution >= 0.6 is 0 Å². The van der Waals surface area contributed by atoms with Gasteiger partial charge in [-0.3, -0.25) is 0 Å². The Balaban J connectivity index is 1.39. The van der Waals surface area contributed by atoms with Gasteiger partial charge in [-0.25, -0.2) is 0 Å². The molecule has 212 valence electrons. The largest absolute Gasteiger partial charge is 0.494 e. The second kappa shape index (κ2) is 8.07. The highest BCUT2D eigenvalue weighted by Gasteiger charge is 2.66. The number of rotatable bonds is 2. The van der Waals surface area contributed by atoms with Crippen LogP contribution in [0.1, 0.15) is 106 Å². The van der Waals surface area contributed by atoms with Gasteiger partial charge < -0.3 is 18.6 Å². The summed E-state index contributed by atoms with van der Waals surface area (Å²) in [5.74, 6) is 1.35. The van der Waals surface area contributed by atoms with Gasteiger partial charge in [0, 0.05) is 10.8 Å². The van der Waals surface area contributed by atoms with Crippen LogP contribution in [0, 0.1) is 11.8 Å². The van der Waals surface area contributed by atoms with Crippen molar-refractivity contribution in [3.8, 4) is 11.1 Å². The number of hydrogen-bond acceptors (Lipinski definition) is 4. The topological polar surface area (TPSA) is 36.9 Å². The fraction of sp³-hybridized carbons (Fsp3) is 0.647. The van der Waals surface area contributed by atoms with Gasteiger partial charge in [-0.05, 0) is 126 Å². The summed E-state index contributed by atoms with van der Waals surface area (Å²) >= 11 is 0. The molecule has 2 saturated heterocycles. The van der Waals surface area contributed by atoms with Gasteiger partial charge in [0.25, 0.3) is 0 Å². The molecule has 5 aliphatic rings. The zero-order chi connectivity index (χ0) is 28.7. The SMILES string of the molecule is CC1CC23CC(C)CC2(C1)c1cc(B2OC(C)(C)C(C)(C)O2)ccc1-c1ccc(B2OC(C)(C)C(C)(C)O2)cc13. The summed E-state index contributed by atoms with van der Waals surface area (Å²) < 4.78 is 26.1. The normalized spacial score (nSPS) is 35.9. The lowest BCUT2D eigenvalue weighted by Crippen LogP contribution is -2.46. The third-order valence-electron chi connectivity index (χ3n) is 12.2. The molecular weight excluding hydrogens is 494 g/mol. The van der Waals surface area contributed by atoms with E-state index < -0.39 is 0 Å². The van der Waals surface area contributed by atoms with E-state index in [1.807, 2.05) is 0 Å². The Kier molecular flexibility index (Phi) is 5.50. The lowest BCUT2D eigenvalue weighted by atomic mass is 9.54. The Morgan fingerprint density at radius 3 is 1.12 bits per heavy atom. The van der Waals surface area contributed by atoms with Crippen molar-refractivity contribution < 1.29 is 18.6 Å². The van der Waals surface area contributed by atoms with Crippen molar-refractivity contribution in [2.75, 3.05) is 0 Å². The summed E-state index contributed by atoms with van der Waals surface area (Å²) in [6.07, 6.45) is 4.93. The first-order valence-corrected chi connectivity index (χ1v) is 15.5. The van der Waals surface area contributed by atoms with E-state index in [1.165, 1.54) is 47.9 Å². The maximum absolute atomic E-state index is 6.53. The quantitative estimate of drug-likeness (QED) is 0.419. The van der Waals surface area contributed by atoms with Crippen LogP contribution in [0.3, 0.4) is 0 Å². The van der Waals surface area contributed by atoms with Crippen LogP contribution in [0.2, 0.25) is 0 Å². The summed E-state index contributed by atoms with van der Waals surface area (Å²) in [6.45, 7) is 22.0. The fourth-order valence-corrected chi connectivity index (χ4v) is 9.06. The van der Waals surface area contributed by atoms with Crippen LogP contribution in [-0.2, 0) is 29.4 Å². The van der Waals surface area contributed by atoms with E-state index in [1.54, 1.807) is 0 Å². The smallest absolute Gasteiger partial charge is 0.399 e. The van der Waals surface area contributed by atoms with E-state index in [2.05, 4.69) is 106 Å². The van der Waals surface area contributed by atoms with Crippen molar-refractivity contribution >= 4 is 25.2 Å². The number of fused-ring (bicyclic) bond motifs is 3. The predicted octanol–water partition coefficient (Wildman–Crippen LogP) is 6.30. The lowest BCUT2D eigenvalue weighted by molar-refractivity contribution is 0.00578.